The lowest BCUT2D eigenvalue weighted by atomic mass is 10.1. The van der Waals surface area contributed by atoms with Gasteiger partial charge in [0.1, 0.15) is 18.0 Å². The van der Waals surface area contributed by atoms with Crippen LogP contribution in [0.1, 0.15) is 18.3 Å². The third kappa shape index (κ3) is 3.00. The molecule has 0 fully saturated rings. The Balaban J connectivity index is 2.42. The first-order chi connectivity index (χ1) is 9.11. The molecule has 0 saturated heterocycles. The van der Waals surface area contributed by atoms with Crippen LogP contribution in [-0.4, -0.2) is 21.7 Å². The fraction of sp³-hybridized carbons (Fsp3) is 0.286. The van der Waals surface area contributed by atoms with Gasteiger partial charge in [0, 0.05) is 6.61 Å². The van der Waals surface area contributed by atoms with Crippen molar-refractivity contribution < 1.29 is 9.84 Å². The smallest absolute Gasteiger partial charge is 0.262 e. The first-order valence-corrected chi connectivity index (χ1v) is 6.08. The molecule has 0 atom stereocenters. The summed E-state index contributed by atoms with van der Waals surface area (Å²) in [6.45, 7) is 4.49. The Morgan fingerprint density at radius 3 is 2.58 bits per heavy atom. The van der Waals surface area contributed by atoms with E-state index in [-0.39, 0.29) is 23.6 Å². The number of aromatic amines is 1. The summed E-state index contributed by atoms with van der Waals surface area (Å²) in [6, 6.07) is 7.32. The Morgan fingerprint density at radius 1 is 1.32 bits per heavy atom. The molecule has 2 aromatic rings. The highest BCUT2D eigenvalue weighted by Gasteiger charge is 2.12. The monoisotopic (exact) mass is 260 g/mol. The molecule has 5 nitrogen and oxygen atoms in total. The fourth-order valence-electron chi connectivity index (χ4n) is 1.75. The van der Waals surface area contributed by atoms with E-state index in [0.29, 0.717) is 18.0 Å². The number of hydrogen-bond donors (Lipinski definition) is 2. The largest absolute Gasteiger partial charge is 0.493 e. The Morgan fingerprint density at radius 2 is 2.00 bits per heavy atom. The number of aromatic nitrogens is 2. The summed E-state index contributed by atoms with van der Waals surface area (Å²) in [5.74, 6) is 0.0440. The molecule has 0 aliphatic carbocycles. The number of aromatic hydroxyl groups is 1. The van der Waals surface area contributed by atoms with E-state index in [1.807, 2.05) is 26.0 Å². The Kier molecular flexibility index (Phi) is 3.97. The molecule has 0 saturated carbocycles. The number of H-pyrrole nitrogens is 1. The van der Waals surface area contributed by atoms with Crippen LogP contribution in [0.4, 0.5) is 0 Å². The van der Waals surface area contributed by atoms with E-state index in [4.69, 9.17) is 4.74 Å². The van der Waals surface area contributed by atoms with Crippen LogP contribution in [0.2, 0.25) is 0 Å². The maximum atomic E-state index is 12.0. The van der Waals surface area contributed by atoms with Crippen molar-refractivity contribution in [2.24, 2.45) is 0 Å². The number of benzene rings is 1. The molecular formula is C14H16N2O3. The molecule has 1 heterocycles. The molecule has 19 heavy (non-hydrogen) atoms. The van der Waals surface area contributed by atoms with E-state index < -0.39 is 0 Å². The van der Waals surface area contributed by atoms with Crippen molar-refractivity contribution in [3.63, 3.8) is 0 Å². The maximum absolute atomic E-state index is 12.0. The van der Waals surface area contributed by atoms with Gasteiger partial charge in [-0.2, -0.15) is 4.98 Å². The van der Waals surface area contributed by atoms with Crippen molar-refractivity contribution in [3.8, 4) is 17.0 Å². The van der Waals surface area contributed by atoms with Crippen LogP contribution in [0, 0.1) is 6.92 Å². The van der Waals surface area contributed by atoms with Gasteiger partial charge in [-0.05, 0) is 19.4 Å². The lowest BCUT2D eigenvalue weighted by molar-refractivity contribution is 0.127. The first kappa shape index (κ1) is 13.3. The zero-order chi connectivity index (χ0) is 13.8. The van der Waals surface area contributed by atoms with Crippen LogP contribution in [0.3, 0.4) is 0 Å². The van der Waals surface area contributed by atoms with Gasteiger partial charge in [-0.15, -0.1) is 0 Å². The van der Waals surface area contributed by atoms with Crippen molar-refractivity contribution in [1.82, 2.24) is 9.97 Å². The minimum absolute atomic E-state index is 0.174. The molecular weight excluding hydrogens is 244 g/mol. The van der Waals surface area contributed by atoms with Gasteiger partial charge in [0.05, 0.1) is 0 Å². The molecule has 2 rings (SSSR count). The Labute approximate surface area is 110 Å². The van der Waals surface area contributed by atoms with Crippen LogP contribution >= 0.6 is 0 Å². The number of ether oxygens (including phenoxy) is 1. The van der Waals surface area contributed by atoms with E-state index >= 15 is 0 Å². The van der Waals surface area contributed by atoms with Crippen molar-refractivity contribution in [2.45, 2.75) is 20.5 Å². The Hall–Kier alpha value is -2.14. The van der Waals surface area contributed by atoms with Crippen molar-refractivity contribution in [1.29, 1.82) is 0 Å². The second-order valence-corrected chi connectivity index (χ2v) is 4.21. The molecule has 0 bridgehead atoms. The van der Waals surface area contributed by atoms with Gasteiger partial charge in [-0.25, -0.2) is 0 Å². The number of rotatable bonds is 4. The van der Waals surface area contributed by atoms with Gasteiger partial charge >= 0.3 is 0 Å². The van der Waals surface area contributed by atoms with E-state index in [0.717, 1.165) is 5.56 Å². The highest BCUT2D eigenvalue weighted by molar-refractivity contribution is 5.67. The summed E-state index contributed by atoms with van der Waals surface area (Å²) in [4.78, 5) is 18.6. The molecule has 0 spiro atoms. The van der Waals surface area contributed by atoms with E-state index in [2.05, 4.69) is 9.97 Å². The first-order valence-electron chi connectivity index (χ1n) is 6.08. The average molecular weight is 260 g/mol. The minimum Gasteiger partial charge on any atom is -0.493 e. The molecule has 5 heteroatoms. The summed E-state index contributed by atoms with van der Waals surface area (Å²) in [5.41, 5.74) is 1.53. The van der Waals surface area contributed by atoms with Gasteiger partial charge in [0.25, 0.3) is 5.56 Å². The van der Waals surface area contributed by atoms with E-state index in [1.54, 1.807) is 12.1 Å². The van der Waals surface area contributed by atoms with Gasteiger partial charge in [-0.3, -0.25) is 4.79 Å². The van der Waals surface area contributed by atoms with Crippen molar-refractivity contribution >= 4 is 0 Å². The zero-order valence-corrected chi connectivity index (χ0v) is 10.9. The summed E-state index contributed by atoms with van der Waals surface area (Å²) in [7, 11) is 0. The molecule has 0 unspecified atom stereocenters. The number of hydrogen-bond acceptors (Lipinski definition) is 4. The van der Waals surface area contributed by atoms with E-state index in [9.17, 15) is 9.90 Å². The van der Waals surface area contributed by atoms with Crippen LogP contribution in [0.5, 0.6) is 5.88 Å². The van der Waals surface area contributed by atoms with Crippen LogP contribution in [0.25, 0.3) is 11.1 Å². The van der Waals surface area contributed by atoms with Crippen LogP contribution in [-0.2, 0) is 11.3 Å². The fourth-order valence-corrected chi connectivity index (χ4v) is 1.75. The lowest BCUT2D eigenvalue weighted by Gasteiger charge is -2.06. The molecule has 0 aliphatic rings. The highest BCUT2D eigenvalue weighted by Crippen LogP contribution is 2.23. The summed E-state index contributed by atoms with van der Waals surface area (Å²) >= 11 is 0. The third-order valence-corrected chi connectivity index (χ3v) is 2.73. The second kappa shape index (κ2) is 5.67. The number of nitrogens with one attached hydrogen (secondary N) is 1. The summed E-state index contributed by atoms with van der Waals surface area (Å²) in [5, 5.41) is 9.91. The topological polar surface area (TPSA) is 75.2 Å². The second-order valence-electron chi connectivity index (χ2n) is 4.21. The maximum Gasteiger partial charge on any atom is 0.262 e. The predicted molar refractivity (Wildman–Crippen MR) is 72.0 cm³/mol. The molecule has 1 aromatic carbocycles. The van der Waals surface area contributed by atoms with E-state index in [1.165, 1.54) is 0 Å². The number of nitrogens with zero attached hydrogens (tertiary/aromatic N) is 1. The van der Waals surface area contributed by atoms with Crippen LogP contribution in [0.15, 0.2) is 29.1 Å². The van der Waals surface area contributed by atoms with Gasteiger partial charge in [0.15, 0.2) is 0 Å². The number of aryl methyl sites for hydroxylation is 1. The molecule has 2 N–H and O–H groups in total. The summed E-state index contributed by atoms with van der Waals surface area (Å²) in [6.07, 6.45) is 0. The van der Waals surface area contributed by atoms with Gasteiger partial charge in [-0.1, -0.05) is 29.8 Å². The molecule has 0 amide bonds. The molecule has 0 radical (unpaired) electrons. The summed E-state index contributed by atoms with van der Waals surface area (Å²) < 4.78 is 5.15. The standard InChI is InChI=1S/C14H16N2O3/c1-3-19-8-11-15-13(17)12(14(18)16-11)10-6-4-9(2)5-7-10/h4-7H,3,8H2,1-2H3,(H2,15,16,17,18). The normalized spacial score (nSPS) is 10.6. The van der Waals surface area contributed by atoms with Crippen LogP contribution < -0.4 is 5.56 Å². The highest BCUT2D eigenvalue weighted by atomic mass is 16.5. The SMILES string of the molecule is CCOCc1nc(O)c(-c2ccc(C)cc2)c(=O)[nH]1. The Bertz CT molecular complexity index is 618. The minimum atomic E-state index is -0.369. The van der Waals surface area contributed by atoms with Crippen molar-refractivity contribution in [3.05, 3.63) is 46.0 Å². The molecule has 1 aromatic heterocycles. The molecule has 100 valence electrons. The quantitative estimate of drug-likeness (QED) is 0.881. The average Bonchev–Trinajstić information content (AvgIpc) is 2.38. The molecule has 0 aliphatic heterocycles. The zero-order valence-electron chi connectivity index (χ0n) is 10.9. The van der Waals surface area contributed by atoms with Crippen molar-refractivity contribution in [2.75, 3.05) is 6.61 Å². The third-order valence-electron chi connectivity index (χ3n) is 2.73. The predicted octanol–water partition coefficient (Wildman–Crippen LogP) is 1.99. The lowest BCUT2D eigenvalue weighted by Crippen LogP contribution is -2.14. The van der Waals surface area contributed by atoms with Gasteiger partial charge < -0.3 is 14.8 Å². The van der Waals surface area contributed by atoms with Gasteiger partial charge in [0.2, 0.25) is 5.88 Å².